The van der Waals surface area contributed by atoms with Crippen LogP contribution in [0.15, 0.2) is 53.3 Å². The molecule has 3 heterocycles. The molecular formula is C30H28FN5O2. The summed E-state index contributed by atoms with van der Waals surface area (Å²) in [5.41, 5.74) is 4.27. The number of halogens is 1. The van der Waals surface area contributed by atoms with Crippen LogP contribution in [0.5, 0.6) is 0 Å². The molecule has 2 aromatic heterocycles. The summed E-state index contributed by atoms with van der Waals surface area (Å²) >= 11 is 0. The highest BCUT2D eigenvalue weighted by Gasteiger charge is 2.58. The zero-order valence-corrected chi connectivity index (χ0v) is 20.8. The number of nitrogens with zero attached hydrogens (tertiary/aromatic N) is 4. The minimum absolute atomic E-state index is 0.146. The average Bonchev–Trinajstić information content (AvgIpc) is 3.61. The van der Waals surface area contributed by atoms with E-state index in [1.165, 1.54) is 6.07 Å². The normalized spacial score (nSPS) is 31.2. The van der Waals surface area contributed by atoms with E-state index in [0.29, 0.717) is 52.4 Å². The first-order valence-electron chi connectivity index (χ1n) is 13.6. The number of imidazole rings is 1. The molecule has 5 aliphatic rings. The smallest absolute Gasteiger partial charge is 0.295 e. The lowest BCUT2D eigenvalue weighted by Gasteiger charge is -2.61. The summed E-state index contributed by atoms with van der Waals surface area (Å²) in [6.07, 6.45) is 8.77. The van der Waals surface area contributed by atoms with E-state index < -0.39 is 6.10 Å². The van der Waals surface area contributed by atoms with Gasteiger partial charge in [-0.3, -0.25) is 0 Å². The second-order valence-electron chi connectivity index (χ2n) is 12.0. The third-order valence-corrected chi connectivity index (χ3v) is 9.94. The molecule has 4 aromatic rings. The number of hydrogen-bond donors (Lipinski definition) is 2. The molecular weight excluding hydrogens is 481 g/mol. The third kappa shape index (κ3) is 3.15. The molecule has 38 heavy (non-hydrogen) atoms. The number of nitrogens with one attached hydrogen (secondary N) is 1. The zero-order valence-electron chi connectivity index (χ0n) is 20.8. The first-order valence-corrected chi connectivity index (χ1v) is 13.6. The van der Waals surface area contributed by atoms with Gasteiger partial charge in [-0.2, -0.15) is 10.2 Å². The summed E-state index contributed by atoms with van der Waals surface area (Å²) in [5, 5.41) is 24.6. The maximum absolute atomic E-state index is 15.0. The standard InChI is InChI=1S/C30H28FN5O2/c31-21-3-1-2-20-24-14-33-15-36(24)23(27(20)21)9-26(37)30-10-17-6-18(11-30)28(19(7-17)12-30)35-29-34-22-8-16(13-32)4-5-25(22)38-29/h1-5,8,14-15,17-19,23,26,28,37H,6-7,9-12H2,(H,34,35). The van der Waals surface area contributed by atoms with Gasteiger partial charge < -0.3 is 19.4 Å². The van der Waals surface area contributed by atoms with Crippen molar-refractivity contribution in [1.82, 2.24) is 14.5 Å². The Kier molecular flexibility index (Phi) is 4.64. The fourth-order valence-corrected chi connectivity index (χ4v) is 8.62. The molecule has 2 aromatic carbocycles. The van der Waals surface area contributed by atoms with Gasteiger partial charge in [0.05, 0.1) is 42.0 Å². The lowest BCUT2D eigenvalue weighted by atomic mass is 9.46. The van der Waals surface area contributed by atoms with Gasteiger partial charge in [0, 0.05) is 17.2 Å². The summed E-state index contributed by atoms with van der Waals surface area (Å²) in [4.78, 5) is 8.93. The lowest BCUT2D eigenvalue weighted by molar-refractivity contribution is -0.129. The first kappa shape index (κ1) is 22.3. The quantitative estimate of drug-likeness (QED) is 0.360. The summed E-state index contributed by atoms with van der Waals surface area (Å²) in [6, 6.07) is 13.2. The van der Waals surface area contributed by atoms with Gasteiger partial charge in [0.1, 0.15) is 11.3 Å². The molecule has 192 valence electrons. The average molecular weight is 510 g/mol. The van der Waals surface area contributed by atoms with Crippen LogP contribution in [0.1, 0.15) is 55.7 Å². The van der Waals surface area contributed by atoms with E-state index >= 15 is 4.39 Å². The van der Waals surface area contributed by atoms with Crippen LogP contribution in [0, 0.1) is 40.3 Å². The molecule has 4 fully saturated rings. The minimum atomic E-state index is -0.518. The van der Waals surface area contributed by atoms with Crippen molar-refractivity contribution in [3.63, 3.8) is 0 Å². The van der Waals surface area contributed by atoms with Crippen molar-refractivity contribution in [2.45, 2.75) is 56.7 Å². The largest absolute Gasteiger partial charge is 0.424 e. The van der Waals surface area contributed by atoms with Crippen LogP contribution in [0.25, 0.3) is 22.4 Å². The molecule has 4 unspecified atom stereocenters. The number of aliphatic hydroxyl groups excluding tert-OH is 1. The number of hydrogen-bond acceptors (Lipinski definition) is 6. The number of fused-ring (bicyclic) bond motifs is 4. The predicted molar refractivity (Wildman–Crippen MR) is 139 cm³/mol. The van der Waals surface area contributed by atoms with Gasteiger partial charge in [0.15, 0.2) is 5.58 Å². The highest BCUT2D eigenvalue weighted by Crippen LogP contribution is 2.63. The SMILES string of the molecule is N#Cc1ccc2oc(NC3C4CC5CC3CC(C(O)CC3c6c(F)cccc6-c6cncn63)(C5)C4)nc2c1. The van der Waals surface area contributed by atoms with Crippen molar-refractivity contribution in [1.29, 1.82) is 5.26 Å². The van der Waals surface area contributed by atoms with Crippen LogP contribution in [0.4, 0.5) is 10.4 Å². The Hall–Kier alpha value is -3.70. The molecule has 9 rings (SSSR count). The van der Waals surface area contributed by atoms with Gasteiger partial charge in [-0.05, 0) is 86.0 Å². The molecule has 4 atom stereocenters. The van der Waals surface area contributed by atoms with E-state index in [1.54, 1.807) is 36.8 Å². The molecule has 0 saturated heterocycles. The molecule has 8 heteroatoms. The van der Waals surface area contributed by atoms with E-state index in [0.717, 1.165) is 43.4 Å². The number of oxazole rings is 1. The van der Waals surface area contributed by atoms with E-state index in [2.05, 4.69) is 21.4 Å². The Morgan fingerprint density at radius 1 is 1.21 bits per heavy atom. The minimum Gasteiger partial charge on any atom is -0.424 e. The molecule has 4 bridgehead atoms. The van der Waals surface area contributed by atoms with Crippen molar-refractivity contribution < 1.29 is 13.9 Å². The Labute approximate surface area is 219 Å². The van der Waals surface area contributed by atoms with E-state index in [4.69, 9.17) is 4.42 Å². The van der Waals surface area contributed by atoms with Crippen molar-refractivity contribution in [3.8, 4) is 17.3 Å². The van der Waals surface area contributed by atoms with Crippen LogP contribution in [-0.2, 0) is 0 Å². The fraction of sp³-hybridized carbons (Fsp3) is 0.433. The van der Waals surface area contributed by atoms with Crippen LogP contribution < -0.4 is 5.32 Å². The number of benzene rings is 2. The van der Waals surface area contributed by atoms with Crippen LogP contribution >= 0.6 is 0 Å². The first-order chi connectivity index (χ1) is 18.5. The second kappa shape index (κ2) is 7.90. The predicted octanol–water partition coefficient (Wildman–Crippen LogP) is 5.66. The van der Waals surface area contributed by atoms with Crippen LogP contribution in [0.2, 0.25) is 0 Å². The van der Waals surface area contributed by atoms with Gasteiger partial charge in [0.2, 0.25) is 0 Å². The molecule has 1 aliphatic heterocycles. The number of anilines is 1. The van der Waals surface area contributed by atoms with Gasteiger partial charge in [-0.25, -0.2) is 9.37 Å². The Balaban J connectivity index is 1.05. The molecule has 4 saturated carbocycles. The highest BCUT2D eigenvalue weighted by molar-refractivity contribution is 5.76. The van der Waals surface area contributed by atoms with E-state index in [-0.39, 0.29) is 23.3 Å². The molecule has 0 radical (unpaired) electrons. The maximum Gasteiger partial charge on any atom is 0.295 e. The number of aliphatic hydroxyl groups is 1. The number of aromatic nitrogens is 3. The van der Waals surface area contributed by atoms with Crippen LogP contribution in [0.3, 0.4) is 0 Å². The number of rotatable bonds is 5. The Morgan fingerprint density at radius 2 is 2.05 bits per heavy atom. The topological polar surface area (TPSA) is 99.9 Å². The lowest BCUT2D eigenvalue weighted by Crippen LogP contribution is -2.59. The summed E-state index contributed by atoms with van der Waals surface area (Å²) in [7, 11) is 0. The summed E-state index contributed by atoms with van der Waals surface area (Å²) < 4.78 is 23.0. The van der Waals surface area contributed by atoms with Crippen LogP contribution in [-0.4, -0.2) is 31.8 Å². The summed E-state index contributed by atoms with van der Waals surface area (Å²) in [5.74, 6) is 1.26. The van der Waals surface area contributed by atoms with Crippen molar-refractivity contribution in [2.24, 2.45) is 23.2 Å². The van der Waals surface area contributed by atoms with E-state index in [1.807, 2.05) is 10.6 Å². The fourth-order valence-electron chi connectivity index (χ4n) is 8.62. The maximum atomic E-state index is 15.0. The monoisotopic (exact) mass is 509 g/mol. The Bertz CT molecular complexity index is 1600. The van der Waals surface area contributed by atoms with Gasteiger partial charge in [-0.1, -0.05) is 12.1 Å². The van der Waals surface area contributed by atoms with Gasteiger partial charge in [0.25, 0.3) is 6.01 Å². The summed E-state index contributed by atoms with van der Waals surface area (Å²) in [6.45, 7) is 0. The number of nitriles is 1. The highest BCUT2D eigenvalue weighted by atomic mass is 19.1. The Morgan fingerprint density at radius 3 is 2.87 bits per heavy atom. The second-order valence-corrected chi connectivity index (χ2v) is 12.0. The van der Waals surface area contributed by atoms with Gasteiger partial charge in [-0.15, -0.1) is 0 Å². The molecule has 2 N–H and O–H groups in total. The zero-order chi connectivity index (χ0) is 25.6. The van der Waals surface area contributed by atoms with Gasteiger partial charge >= 0.3 is 0 Å². The third-order valence-electron chi connectivity index (χ3n) is 9.94. The van der Waals surface area contributed by atoms with Crippen molar-refractivity contribution in [2.75, 3.05) is 5.32 Å². The molecule has 0 amide bonds. The van der Waals surface area contributed by atoms with Crippen molar-refractivity contribution >= 4 is 17.1 Å². The molecule has 0 spiro atoms. The molecule has 4 aliphatic carbocycles. The molecule has 7 nitrogen and oxygen atoms in total. The van der Waals surface area contributed by atoms with E-state index in [9.17, 15) is 10.4 Å². The van der Waals surface area contributed by atoms with Crippen molar-refractivity contribution in [3.05, 3.63) is 65.9 Å².